The topological polar surface area (TPSA) is 86.7 Å². The number of benzene rings is 2. The number of nitrogens with one attached hydrogen (secondary N) is 1. The first-order chi connectivity index (χ1) is 13.9. The Morgan fingerprint density at radius 3 is 2.34 bits per heavy atom. The third-order valence-corrected chi connectivity index (χ3v) is 5.36. The fourth-order valence-corrected chi connectivity index (χ4v) is 3.51. The molecule has 0 aromatic heterocycles. The molecule has 6 heteroatoms. The lowest BCUT2D eigenvalue weighted by Gasteiger charge is -2.30. The van der Waals surface area contributed by atoms with Crippen LogP contribution in [0.5, 0.6) is 0 Å². The van der Waals surface area contributed by atoms with Crippen LogP contribution in [0.3, 0.4) is 0 Å². The van der Waals surface area contributed by atoms with Gasteiger partial charge in [-0.2, -0.15) is 0 Å². The fraction of sp³-hybridized carbons (Fsp3) is 0.348. The summed E-state index contributed by atoms with van der Waals surface area (Å²) in [6.07, 6.45) is 2.59. The summed E-state index contributed by atoms with van der Waals surface area (Å²) < 4.78 is 0. The fourth-order valence-electron chi connectivity index (χ4n) is 3.51. The van der Waals surface area contributed by atoms with Crippen molar-refractivity contribution < 1.29 is 19.5 Å². The molecule has 3 rings (SSSR count). The molecule has 1 aliphatic rings. The minimum atomic E-state index is -0.996. The highest BCUT2D eigenvalue weighted by Gasteiger charge is 2.21. The first-order valence-corrected chi connectivity index (χ1v) is 9.94. The lowest BCUT2D eigenvalue weighted by Crippen LogP contribution is -2.37. The molecule has 2 aromatic carbocycles. The molecular formula is C23H26N2O4. The molecule has 1 saturated heterocycles. The zero-order valence-electron chi connectivity index (χ0n) is 16.6. The summed E-state index contributed by atoms with van der Waals surface area (Å²) in [7, 11) is 0. The monoisotopic (exact) mass is 394 g/mol. The molecule has 1 fully saturated rings. The molecule has 2 N–H and O–H groups in total. The lowest BCUT2D eigenvalue weighted by molar-refractivity contribution is -0.116. The highest BCUT2D eigenvalue weighted by molar-refractivity contribution is 5.96. The van der Waals surface area contributed by atoms with Crippen LogP contribution in [0, 0.1) is 5.92 Å². The average Bonchev–Trinajstić information content (AvgIpc) is 2.73. The van der Waals surface area contributed by atoms with E-state index in [1.807, 2.05) is 4.90 Å². The number of likely N-dealkylation sites (tertiary alicyclic amines) is 1. The Balaban J connectivity index is 1.54. The van der Waals surface area contributed by atoms with Crippen LogP contribution < -0.4 is 5.32 Å². The summed E-state index contributed by atoms with van der Waals surface area (Å²) in [4.78, 5) is 37.9. The van der Waals surface area contributed by atoms with Gasteiger partial charge in [0.2, 0.25) is 5.91 Å². The number of hydrogen-bond donors (Lipinski definition) is 2. The van der Waals surface area contributed by atoms with Gasteiger partial charge in [0.1, 0.15) is 0 Å². The maximum atomic E-state index is 12.6. The number of carbonyl (C=O) groups excluding carboxylic acids is 2. The SMILES string of the molecule is CC1CCN(C(=O)c2ccc(NC(=O)CCc3ccccc3C(=O)O)cc2)CC1. The molecule has 0 spiro atoms. The zero-order valence-corrected chi connectivity index (χ0v) is 16.6. The second-order valence-electron chi connectivity index (χ2n) is 7.56. The quantitative estimate of drug-likeness (QED) is 0.780. The van der Waals surface area contributed by atoms with Crippen LogP contribution >= 0.6 is 0 Å². The summed E-state index contributed by atoms with van der Waals surface area (Å²) >= 11 is 0. The molecule has 2 amide bonds. The van der Waals surface area contributed by atoms with Gasteiger partial charge in [-0.3, -0.25) is 9.59 Å². The zero-order chi connectivity index (χ0) is 20.8. The number of anilines is 1. The molecule has 1 aliphatic heterocycles. The number of rotatable bonds is 6. The smallest absolute Gasteiger partial charge is 0.335 e. The molecule has 0 bridgehead atoms. The largest absolute Gasteiger partial charge is 0.478 e. The molecule has 0 radical (unpaired) electrons. The van der Waals surface area contributed by atoms with Crippen LogP contribution in [0.4, 0.5) is 5.69 Å². The standard InChI is InChI=1S/C23H26N2O4/c1-16-12-14-25(15-13-16)22(27)18-6-9-19(10-7-18)24-21(26)11-8-17-4-2-3-5-20(17)23(28)29/h2-7,9-10,16H,8,11-15H2,1H3,(H,24,26)(H,28,29). The third-order valence-electron chi connectivity index (χ3n) is 5.36. The van der Waals surface area contributed by atoms with Gasteiger partial charge in [0.15, 0.2) is 0 Å². The van der Waals surface area contributed by atoms with Gasteiger partial charge in [0.05, 0.1) is 5.56 Å². The van der Waals surface area contributed by atoms with Crippen LogP contribution in [0.2, 0.25) is 0 Å². The minimum absolute atomic E-state index is 0.0278. The summed E-state index contributed by atoms with van der Waals surface area (Å²) in [5.41, 5.74) is 2.08. The molecule has 0 unspecified atom stereocenters. The van der Waals surface area contributed by atoms with E-state index in [0.717, 1.165) is 25.9 Å². The maximum Gasteiger partial charge on any atom is 0.335 e. The van der Waals surface area contributed by atoms with Gasteiger partial charge >= 0.3 is 5.97 Å². The Kier molecular flexibility index (Phi) is 6.65. The van der Waals surface area contributed by atoms with E-state index < -0.39 is 5.97 Å². The number of aryl methyl sites for hydroxylation is 1. The van der Waals surface area contributed by atoms with E-state index in [0.29, 0.717) is 29.2 Å². The first kappa shape index (κ1) is 20.6. The van der Waals surface area contributed by atoms with E-state index in [2.05, 4.69) is 12.2 Å². The van der Waals surface area contributed by atoms with Crippen LogP contribution in [0.25, 0.3) is 0 Å². The van der Waals surface area contributed by atoms with Crippen LogP contribution in [0.15, 0.2) is 48.5 Å². The molecule has 0 aliphatic carbocycles. The lowest BCUT2D eigenvalue weighted by atomic mass is 9.98. The van der Waals surface area contributed by atoms with Crippen LogP contribution in [0.1, 0.15) is 52.5 Å². The summed E-state index contributed by atoms with van der Waals surface area (Å²) in [5.74, 6) is -0.502. The first-order valence-electron chi connectivity index (χ1n) is 9.94. The number of piperidine rings is 1. The van der Waals surface area contributed by atoms with Gasteiger partial charge in [-0.15, -0.1) is 0 Å². The number of carbonyl (C=O) groups is 3. The Labute approximate surface area is 170 Å². The molecule has 152 valence electrons. The number of amides is 2. The normalized spacial score (nSPS) is 14.4. The third kappa shape index (κ3) is 5.44. The molecule has 0 atom stereocenters. The van der Waals surface area contributed by atoms with Gasteiger partial charge in [-0.25, -0.2) is 4.79 Å². The van der Waals surface area contributed by atoms with Crippen molar-refractivity contribution in [2.45, 2.75) is 32.6 Å². The molecule has 6 nitrogen and oxygen atoms in total. The van der Waals surface area contributed by atoms with E-state index in [1.54, 1.807) is 42.5 Å². The van der Waals surface area contributed by atoms with Crippen molar-refractivity contribution in [3.63, 3.8) is 0 Å². The predicted octanol–water partition coefficient (Wildman–Crippen LogP) is 3.83. The van der Waals surface area contributed by atoms with Crippen molar-refractivity contribution >= 4 is 23.5 Å². The van der Waals surface area contributed by atoms with Gasteiger partial charge in [0, 0.05) is 30.8 Å². The molecular weight excluding hydrogens is 368 g/mol. The van der Waals surface area contributed by atoms with E-state index in [4.69, 9.17) is 0 Å². The van der Waals surface area contributed by atoms with E-state index in [1.165, 1.54) is 6.07 Å². The van der Waals surface area contributed by atoms with Crippen molar-refractivity contribution in [2.75, 3.05) is 18.4 Å². The summed E-state index contributed by atoms with van der Waals surface area (Å²) in [5, 5.41) is 12.0. The van der Waals surface area contributed by atoms with Crippen LogP contribution in [-0.4, -0.2) is 40.9 Å². The Hall–Kier alpha value is -3.15. The number of nitrogens with zero attached hydrogens (tertiary/aromatic N) is 1. The summed E-state index contributed by atoms with van der Waals surface area (Å²) in [6.45, 7) is 3.78. The van der Waals surface area contributed by atoms with Crippen molar-refractivity contribution in [2.24, 2.45) is 5.92 Å². The Morgan fingerprint density at radius 2 is 1.69 bits per heavy atom. The number of aromatic carboxylic acids is 1. The Bertz CT molecular complexity index is 884. The predicted molar refractivity (Wildman–Crippen MR) is 111 cm³/mol. The van der Waals surface area contributed by atoms with Gasteiger partial charge in [-0.05, 0) is 61.1 Å². The van der Waals surface area contributed by atoms with Crippen molar-refractivity contribution in [3.8, 4) is 0 Å². The number of hydrogen-bond acceptors (Lipinski definition) is 3. The summed E-state index contributed by atoms with van der Waals surface area (Å²) in [6, 6.07) is 13.6. The second-order valence-corrected chi connectivity index (χ2v) is 7.56. The number of carboxylic acids is 1. The van der Waals surface area contributed by atoms with Gasteiger partial charge in [0.25, 0.3) is 5.91 Å². The highest BCUT2D eigenvalue weighted by Crippen LogP contribution is 2.19. The van der Waals surface area contributed by atoms with E-state index in [9.17, 15) is 19.5 Å². The van der Waals surface area contributed by atoms with Gasteiger partial charge < -0.3 is 15.3 Å². The molecule has 29 heavy (non-hydrogen) atoms. The van der Waals surface area contributed by atoms with Gasteiger partial charge in [-0.1, -0.05) is 25.1 Å². The van der Waals surface area contributed by atoms with Crippen molar-refractivity contribution in [1.82, 2.24) is 4.90 Å². The molecule has 1 heterocycles. The second kappa shape index (κ2) is 9.37. The van der Waals surface area contributed by atoms with E-state index >= 15 is 0 Å². The van der Waals surface area contributed by atoms with E-state index in [-0.39, 0.29) is 23.8 Å². The highest BCUT2D eigenvalue weighted by atomic mass is 16.4. The molecule has 2 aromatic rings. The Morgan fingerprint density at radius 1 is 1.03 bits per heavy atom. The minimum Gasteiger partial charge on any atom is -0.478 e. The van der Waals surface area contributed by atoms with Crippen molar-refractivity contribution in [1.29, 1.82) is 0 Å². The maximum absolute atomic E-state index is 12.6. The van der Waals surface area contributed by atoms with Crippen LogP contribution in [-0.2, 0) is 11.2 Å². The number of carboxylic acid groups (broad SMARTS) is 1. The van der Waals surface area contributed by atoms with Crippen molar-refractivity contribution in [3.05, 3.63) is 65.2 Å². The molecule has 0 saturated carbocycles. The average molecular weight is 394 g/mol.